The fourth-order valence-corrected chi connectivity index (χ4v) is 5.24. The van der Waals surface area contributed by atoms with E-state index in [0.29, 0.717) is 53.5 Å². The van der Waals surface area contributed by atoms with Crippen LogP contribution in [0.25, 0.3) is 22.4 Å². The number of anilines is 1. The van der Waals surface area contributed by atoms with Crippen LogP contribution in [0.5, 0.6) is 0 Å². The maximum Gasteiger partial charge on any atom is 0.253 e. The van der Waals surface area contributed by atoms with Crippen LogP contribution in [0.15, 0.2) is 34.7 Å². The maximum atomic E-state index is 12.9. The van der Waals surface area contributed by atoms with Crippen LogP contribution in [-0.4, -0.2) is 52.7 Å². The number of hydrogen-bond acceptors (Lipinski definition) is 8. The Hall–Kier alpha value is -3.80. The van der Waals surface area contributed by atoms with Gasteiger partial charge in [-0.1, -0.05) is 35.0 Å². The number of H-pyrrole nitrogens is 1. The number of furan rings is 1. The second-order valence-corrected chi connectivity index (χ2v) is 11.2. The molecule has 0 atom stereocenters. The summed E-state index contributed by atoms with van der Waals surface area (Å²) in [6.45, 7) is 2.14. The highest BCUT2D eigenvalue weighted by Gasteiger charge is 2.30. The van der Waals surface area contributed by atoms with Crippen molar-refractivity contribution in [2.45, 2.75) is 39.0 Å². The van der Waals surface area contributed by atoms with Gasteiger partial charge in [0.25, 0.3) is 5.91 Å². The highest BCUT2D eigenvalue weighted by Crippen LogP contribution is 2.39. The standard InChI is InChI=1S/C24H27N7O4S/c1-14-5-9-16(10-6-14)21-20(22(25)32)18-13-17(12-15-7-8-15)23(26-24(18)35-21)31(36(2,33)34)11-3-4-19-27-29-30-28-19/h5-6,9-10,13,15H,3-4,7-8,11-12H2,1-2H3,(H2,25,32)(H,27,28,29,30). The Morgan fingerprint density at radius 2 is 2.00 bits per heavy atom. The predicted octanol–water partition coefficient (Wildman–Crippen LogP) is 2.77. The Kier molecular flexibility index (Phi) is 6.20. The molecule has 4 aromatic rings. The summed E-state index contributed by atoms with van der Waals surface area (Å²) in [5, 5.41) is 14.3. The van der Waals surface area contributed by atoms with Crippen molar-refractivity contribution in [1.82, 2.24) is 25.6 Å². The number of carbonyl (C=O) groups is 1. The monoisotopic (exact) mass is 509 g/mol. The number of primary amides is 1. The number of nitrogens with two attached hydrogens (primary N) is 1. The van der Waals surface area contributed by atoms with Crippen molar-refractivity contribution < 1.29 is 17.6 Å². The average Bonchev–Trinajstić information content (AvgIpc) is 3.33. The van der Waals surface area contributed by atoms with Crippen molar-refractivity contribution in [3.63, 3.8) is 0 Å². The molecule has 0 bridgehead atoms. The van der Waals surface area contributed by atoms with Crippen LogP contribution in [-0.2, 0) is 22.9 Å². The van der Waals surface area contributed by atoms with Crippen LogP contribution in [0.4, 0.5) is 5.82 Å². The van der Waals surface area contributed by atoms with Gasteiger partial charge < -0.3 is 10.2 Å². The summed E-state index contributed by atoms with van der Waals surface area (Å²) < 4.78 is 33.1. The van der Waals surface area contributed by atoms with Crippen LogP contribution in [0.3, 0.4) is 0 Å². The number of aromatic amines is 1. The Morgan fingerprint density at radius 1 is 1.25 bits per heavy atom. The van der Waals surface area contributed by atoms with Gasteiger partial charge in [-0.2, -0.15) is 10.2 Å². The summed E-state index contributed by atoms with van der Waals surface area (Å²) in [7, 11) is -3.67. The molecule has 0 aliphatic heterocycles. The van der Waals surface area contributed by atoms with Crippen LogP contribution < -0.4 is 10.0 Å². The van der Waals surface area contributed by atoms with Gasteiger partial charge in [0.05, 0.1) is 17.2 Å². The maximum absolute atomic E-state index is 12.9. The molecule has 188 valence electrons. The third-order valence-corrected chi connectivity index (χ3v) is 7.45. The summed E-state index contributed by atoms with van der Waals surface area (Å²) in [6.07, 6.45) is 4.86. The van der Waals surface area contributed by atoms with Crippen LogP contribution in [0.2, 0.25) is 0 Å². The summed E-state index contributed by atoms with van der Waals surface area (Å²) in [6, 6.07) is 9.35. The first-order chi connectivity index (χ1) is 17.2. The van der Waals surface area contributed by atoms with Gasteiger partial charge in [0.1, 0.15) is 11.6 Å². The Balaban J connectivity index is 1.61. The summed E-state index contributed by atoms with van der Waals surface area (Å²) in [5.74, 6) is 0.957. The highest BCUT2D eigenvalue weighted by atomic mass is 32.2. The number of fused-ring (bicyclic) bond motifs is 1. The number of aryl methyl sites for hydroxylation is 2. The number of amides is 1. The lowest BCUT2D eigenvalue weighted by Crippen LogP contribution is -2.33. The molecule has 12 heteroatoms. The van der Waals surface area contributed by atoms with Crippen molar-refractivity contribution in [1.29, 1.82) is 0 Å². The predicted molar refractivity (Wildman–Crippen MR) is 134 cm³/mol. The minimum absolute atomic E-state index is 0.167. The number of pyridine rings is 1. The molecule has 36 heavy (non-hydrogen) atoms. The largest absolute Gasteiger partial charge is 0.437 e. The number of nitrogens with one attached hydrogen (secondary N) is 1. The summed E-state index contributed by atoms with van der Waals surface area (Å²) in [4.78, 5) is 17.2. The normalized spacial score (nSPS) is 13.8. The van der Waals surface area contributed by atoms with Crippen molar-refractivity contribution in [3.8, 4) is 11.3 Å². The molecule has 1 fully saturated rings. The lowest BCUT2D eigenvalue weighted by atomic mass is 10.0. The van der Waals surface area contributed by atoms with Gasteiger partial charge in [0.2, 0.25) is 15.7 Å². The zero-order valence-electron chi connectivity index (χ0n) is 20.1. The highest BCUT2D eigenvalue weighted by molar-refractivity contribution is 7.92. The fraction of sp³-hybridized carbons (Fsp3) is 0.375. The molecular formula is C24H27N7O4S. The third-order valence-electron chi connectivity index (χ3n) is 6.29. The summed E-state index contributed by atoms with van der Waals surface area (Å²) in [5.41, 5.74) is 8.69. The van der Waals surface area contributed by atoms with Crippen molar-refractivity contribution in [2.24, 2.45) is 11.7 Å². The number of tetrazole rings is 1. The molecule has 1 saturated carbocycles. The minimum Gasteiger partial charge on any atom is -0.437 e. The van der Waals surface area contributed by atoms with E-state index in [4.69, 9.17) is 10.2 Å². The Morgan fingerprint density at radius 3 is 2.61 bits per heavy atom. The van der Waals surface area contributed by atoms with E-state index >= 15 is 0 Å². The number of nitrogens with zero attached hydrogens (tertiary/aromatic N) is 5. The number of aromatic nitrogens is 5. The topological polar surface area (TPSA) is 161 Å². The van der Waals surface area contributed by atoms with Gasteiger partial charge in [-0.15, -0.1) is 10.2 Å². The molecule has 3 aromatic heterocycles. The van der Waals surface area contributed by atoms with Gasteiger partial charge in [-0.25, -0.2) is 8.42 Å². The van der Waals surface area contributed by atoms with Gasteiger partial charge in [-0.3, -0.25) is 9.10 Å². The SMILES string of the molecule is Cc1ccc(-c2oc3nc(N(CCCc4nn[nH]n4)S(C)(=O)=O)c(CC4CC4)cc3c2C(N)=O)cc1. The minimum atomic E-state index is -3.67. The van der Waals surface area contributed by atoms with Gasteiger partial charge in [0, 0.05) is 18.5 Å². The molecule has 0 spiro atoms. The van der Waals surface area contributed by atoms with E-state index < -0.39 is 15.9 Å². The molecule has 0 unspecified atom stereocenters. The number of benzene rings is 1. The first-order valence-electron chi connectivity index (χ1n) is 11.7. The molecule has 3 heterocycles. The van der Waals surface area contributed by atoms with Crippen molar-refractivity contribution >= 4 is 32.8 Å². The van der Waals surface area contributed by atoms with E-state index in [0.717, 1.165) is 30.2 Å². The molecule has 3 N–H and O–H groups in total. The van der Waals surface area contributed by atoms with Crippen LogP contribution in [0.1, 0.15) is 46.6 Å². The molecule has 1 aliphatic carbocycles. The molecule has 0 saturated heterocycles. The van der Waals surface area contributed by atoms with Crippen LogP contribution in [0, 0.1) is 12.8 Å². The van der Waals surface area contributed by atoms with Gasteiger partial charge >= 0.3 is 0 Å². The Labute approximate surface area is 208 Å². The van der Waals surface area contributed by atoms with E-state index in [-0.39, 0.29) is 17.8 Å². The number of hydrogen-bond donors (Lipinski definition) is 2. The molecule has 11 nitrogen and oxygen atoms in total. The molecule has 1 aromatic carbocycles. The number of sulfonamides is 1. The molecule has 0 radical (unpaired) electrons. The zero-order valence-corrected chi connectivity index (χ0v) is 20.9. The van der Waals surface area contributed by atoms with Crippen molar-refractivity contribution in [2.75, 3.05) is 17.1 Å². The van der Waals surface area contributed by atoms with E-state index in [2.05, 4.69) is 25.6 Å². The summed E-state index contributed by atoms with van der Waals surface area (Å²) >= 11 is 0. The van der Waals surface area contributed by atoms with E-state index in [9.17, 15) is 13.2 Å². The first-order valence-corrected chi connectivity index (χ1v) is 13.6. The van der Waals surface area contributed by atoms with E-state index in [1.54, 1.807) is 0 Å². The molecular weight excluding hydrogens is 482 g/mol. The Bertz CT molecular complexity index is 1510. The lowest BCUT2D eigenvalue weighted by Gasteiger charge is -2.23. The van der Waals surface area contributed by atoms with E-state index in [1.807, 2.05) is 37.3 Å². The first kappa shape index (κ1) is 23.9. The molecule has 1 aliphatic rings. The van der Waals surface area contributed by atoms with E-state index in [1.165, 1.54) is 4.31 Å². The smallest absolute Gasteiger partial charge is 0.253 e. The molecule has 1 amide bonds. The lowest BCUT2D eigenvalue weighted by molar-refractivity contribution is 0.100. The van der Waals surface area contributed by atoms with Gasteiger partial charge in [-0.05, 0) is 50.2 Å². The molecule has 5 rings (SSSR count). The second-order valence-electron chi connectivity index (χ2n) is 9.27. The quantitative estimate of drug-likeness (QED) is 0.330. The van der Waals surface area contributed by atoms with Gasteiger partial charge in [0.15, 0.2) is 5.82 Å². The van der Waals surface area contributed by atoms with Crippen molar-refractivity contribution in [3.05, 3.63) is 52.8 Å². The third kappa shape index (κ3) is 4.94. The number of rotatable bonds is 10. The zero-order chi connectivity index (χ0) is 25.4. The average molecular weight is 510 g/mol. The number of carbonyl (C=O) groups excluding carboxylic acids is 1. The fourth-order valence-electron chi connectivity index (χ4n) is 4.31. The van der Waals surface area contributed by atoms with Crippen LogP contribution >= 0.6 is 0 Å². The second kappa shape index (κ2) is 9.34.